The third kappa shape index (κ3) is 2.80. The molecule has 0 aliphatic carbocycles. The second-order valence-electron chi connectivity index (χ2n) is 3.52. The van der Waals surface area contributed by atoms with Crippen LogP contribution in [0.25, 0.3) is 0 Å². The first-order valence-electron chi connectivity index (χ1n) is 4.78. The molecule has 11 heavy (non-hydrogen) atoms. The molecule has 1 fully saturated rings. The maximum Gasteiger partial charge on any atom is 0.00669 e. The second kappa shape index (κ2) is 4.73. The fraction of sp³-hybridized carbons (Fsp3) is 1.00. The summed E-state index contributed by atoms with van der Waals surface area (Å²) in [6.07, 6.45) is 5.34. The van der Waals surface area contributed by atoms with E-state index in [9.17, 15) is 0 Å². The van der Waals surface area contributed by atoms with Crippen molar-refractivity contribution < 1.29 is 0 Å². The van der Waals surface area contributed by atoms with Crippen LogP contribution in [0.1, 0.15) is 32.6 Å². The van der Waals surface area contributed by atoms with Gasteiger partial charge in [0.05, 0.1) is 0 Å². The SMILES string of the molecule is C[C@H]1CCCCN1CCCN. The molecule has 0 aromatic carbocycles. The zero-order chi connectivity index (χ0) is 8.10. The van der Waals surface area contributed by atoms with Crippen LogP contribution in [-0.2, 0) is 0 Å². The molecule has 1 aliphatic rings. The van der Waals surface area contributed by atoms with Crippen LogP contribution >= 0.6 is 0 Å². The van der Waals surface area contributed by atoms with Gasteiger partial charge < -0.3 is 10.6 Å². The van der Waals surface area contributed by atoms with Crippen molar-refractivity contribution in [3.63, 3.8) is 0 Å². The largest absolute Gasteiger partial charge is 0.330 e. The van der Waals surface area contributed by atoms with Gasteiger partial charge in [-0.15, -0.1) is 0 Å². The summed E-state index contributed by atoms with van der Waals surface area (Å²) in [6.45, 7) is 5.66. The number of rotatable bonds is 3. The molecule has 1 aliphatic heterocycles. The molecule has 0 aromatic heterocycles. The molecule has 1 saturated heterocycles. The van der Waals surface area contributed by atoms with Gasteiger partial charge in [0.1, 0.15) is 0 Å². The van der Waals surface area contributed by atoms with Crippen molar-refractivity contribution in [2.75, 3.05) is 19.6 Å². The minimum absolute atomic E-state index is 0.801. The van der Waals surface area contributed by atoms with E-state index in [-0.39, 0.29) is 0 Å². The molecule has 1 rings (SSSR count). The van der Waals surface area contributed by atoms with Gasteiger partial charge in [-0.25, -0.2) is 0 Å². The van der Waals surface area contributed by atoms with Gasteiger partial charge in [0, 0.05) is 6.04 Å². The van der Waals surface area contributed by atoms with E-state index in [1.54, 1.807) is 0 Å². The summed E-state index contributed by atoms with van der Waals surface area (Å²) in [5.74, 6) is 0. The zero-order valence-corrected chi connectivity index (χ0v) is 7.55. The molecule has 1 atom stereocenters. The summed E-state index contributed by atoms with van der Waals surface area (Å²) in [4.78, 5) is 2.57. The maximum absolute atomic E-state index is 5.46. The van der Waals surface area contributed by atoms with Crippen LogP contribution in [0.4, 0.5) is 0 Å². The van der Waals surface area contributed by atoms with Gasteiger partial charge in [-0.1, -0.05) is 6.42 Å². The van der Waals surface area contributed by atoms with Crippen LogP contribution in [0.5, 0.6) is 0 Å². The molecule has 2 nitrogen and oxygen atoms in total. The first-order valence-corrected chi connectivity index (χ1v) is 4.78. The van der Waals surface area contributed by atoms with Crippen LogP contribution in [0, 0.1) is 0 Å². The van der Waals surface area contributed by atoms with Crippen molar-refractivity contribution in [2.45, 2.75) is 38.6 Å². The van der Waals surface area contributed by atoms with E-state index < -0.39 is 0 Å². The average molecular weight is 156 g/mol. The third-order valence-corrected chi connectivity index (χ3v) is 2.59. The van der Waals surface area contributed by atoms with Gasteiger partial charge in [-0.3, -0.25) is 0 Å². The lowest BCUT2D eigenvalue weighted by Crippen LogP contribution is -2.38. The van der Waals surface area contributed by atoms with Gasteiger partial charge in [-0.05, 0) is 45.8 Å². The fourth-order valence-electron chi connectivity index (χ4n) is 1.78. The average Bonchev–Trinajstić information content (AvgIpc) is 2.03. The molecule has 2 heteroatoms. The summed E-state index contributed by atoms with van der Waals surface area (Å²) < 4.78 is 0. The Labute approximate surface area is 69.8 Å². The van der Waals surface area contributed by atoms with Crippen LogP contribution in [-0.4, -0.2) is 30.6 Å². The normalized spacial score (nSPS) is 27.3. The molecule has 1 heterocycles. The topological polar surface area (TPSA) is 29.3 Å². The van der Waals surface area contributed by atoms with Crippen molar-refractivity contribution in [1.82, 2.24) is 4.90 Å². The van der Waals surface area contributed by atoms with E-state index in [4.69, 9.17) is 5.73 Å². The monoisotopic (exact) mass is 156 g/mol. The minimum Gasteiger partial charge on any atom is -0.330 e. The van der Waals surface area contributed by atoms with Gasteiger partial charge in [-0.2, -0.15) is 0 Å². The van der Waals surface area contributed by atoms with Gasteiger partial charge in [0.25, 0.3) is 0 Å². The molecular formula is C9H20N2. The van der Waals surface area contributed by atoms with Crippen molar-refractivity contribution in [1.29, 1.82) is 0 Å². The summed E-state index contributed by atoms with van der Waals surface area (Å²) in [7, 11) is 0. The van der Waals surface area contributed by atoms with E-state index in [2.05, 4.69) is 11.8 Å². The lowest BCUT2D eigenvalue weighted by Gasteiger charge is -2.33. The highest BCUT2D eigenvalue weighted by Gasteiger charge is 2.16. The third-order valence-electron chi connectivity index (χ3n) is 2.59. The lowest BCUT2D eigenvalue weighted by molar-refractivity contribution is 0.160. The predicted molar refractivity (Wildman–Crippen MR) is 48.6 cm³/mol. The standard InChI is InChI=1S/C9H20N2/c1-9-5-2-3-7-11(9)8-4-6-10/h9H,2-8,10H2,1H3/t9-/m0/s1. The highest BCUT2D eigenvalue weighted by atomic mass is 15.2. The Kier molecular flexibility index (Phi) is 3.87. The molecule has 0 spiro atoms. The van der Waals surface area contributed by atoms with Gasteiger partial charge in [0.2, 0.25) is 0 Å². The summed E-state index contributed by atoms with van der Waals surface area (Å²) in [5, 5.41) is 0. The molecule has 0 amide bonds. The molecule has 0 aromatic rings. The molecule has 0 bridgehead atoms. The van der Waals surface area contributed by atoms with Crippen LogP contribution in [0.15, 0.2) is 0 Å². The first-order chi connectivity index (χ1) is 5.34. The Morgan fingerprint density at radius 3 is 2.91 bits per heavy atom. The number of nitrogens with two attached hydrogens (primary N) is 1. The van der Waals surface area contributed by atoms with E-state index in [1.807, 2.05) is 0 Å². The van der Waals surface area contributed by atoms with Crippen LogP contribution in [0.3, 0.4) is 0 Å². The van der Waals surface area contributed by atoms with E-state index >= 15 is 0 Å². The summed E-state index contributed by atoms with van der Waals surface area (Å²) >= 11 is 0. The second-order valence-corrected chi connectivity index (χ2v) is 3.52. The number of piperidine rings is 1. The maximum atomic E-state index is 5.46. The number of likely N-dealkylation sites (tertiary alicyclic amines) is 1. The van der Waals surface area contributed by atoms with Gasteiger partial charge >= 0.3 is 0 Å². The van der Waals surface area contributed by atoms with E-state index in [0.717, 1.165) is 19.0 Å². The van der Waals surface area contributed by atoms with Crippen LogP contribution < -0.4 is 5.73 Å². The number of hydrogen-bond acceptors (Lipinski definition) is 2. The molecular weight excluding hydrogens is 136 g/mol. The number of hydrogen-bond donors (Lipinski definition) is 1. The lowest BCUT2D eigenvalue weighted by atomic mass is 10.0. The summed E-state index contributed by atoms with van der Waals surface area (Å²) in [6, 6.07) is 0.801. The molecule has 0 unspecified atom stereocenters. The van der Waals surface area contributed by atoms with Gasteiger partial charge in [0.15, 0.2) is 0 Å². The fourth-order valence-corrected chi connectivity index (χ4v) is 1.78. The Morgan fingerprint density at radius 1 is 1.45 bits per heavy atom. The van der Waals surface area contributed by atoms with E-state index in [0.29, 0.717) is 0 Å². The smallest absolute Gasteiger partial charge is 0.00669 e. The molecule has 2 N–H and O–H groups in total. The Morgan fingerprint density at radius 2 is 2.27 bits per heavy atom. The summed E-state index contributed by atoms with van der Waals surface area (Å²) in [5.41, 5.74) is 5.46. The Bertz CT molecular complexity index is 104. The van der Waals surface area contributed by atoms with Crippen molar-refractivity contribution in [2.24, 2.45) is 5.73 Å². The molecule has 0 radical (unpaired) electrons. The number of nitrogens with zero attached hydrogens (tertiary/aromatic N) is 1. The van der Waals surface area contributed by atoms with Crippen molar-refractivity contribution >= 4 is 0 Å². The highest BCUT2D eigenvalue weighted by molar-refractivity contribution is 4.72. The Balaban J connectivity index is 2.18. The van der Waals surface area contributed by atoms with Crippen molar-refractivity contribution in [3.8, 4) is 0 Å². The van der Waals surface area contributed by atoms with E-state index in [1.165, 1.54) is 32.4 Å². The minimum atomic E-state index is 0.801. The predicted octanol–water partition coefficient (Wildman–Crippen LogP) is 1.21. The van der Waals surface area contributed by atoms with Crippen molar-refractivity contribution in [3.05, 3.63) is 0 Å². The highest BCUT2D eigenvalue weighted by Crippen LogP contribution is 2.15. The molecule has 66 valence electrons. The quantitative estimate of drug-likeness (QED) is 0.665. The molecule has 0 saturated carbocycles. The van der Waals surface area contributed by atoms with Crippen LogP contribution in [0.2, 0.25) is 0 Å². The zero-order valence-electron chi connectivity index (χ0n) is 7.55. The Hall–Kier alpha value is -0.0800. The first kappa shape index (κ1) is 9.01.